The molecule has 0 spiro atoms. The van der Waals surface area contributed by atoms with Crippen LogP contribution < -0.4 is 10.1 Å². The number of hydrogen-bond acceptors (Lipinski definition) is 7. The predicted octanol–water partition coefficient (Wildman–Crippen LogP) is 4.33. The average molecular weight is 522 g/mol. The molecule has 0 radical (unpaired) electrons. The van der Waals surface area contributed by atoms with Crippen LogP contribution in [0.1, 0.15) is 55.9 Å². The summed E-state index contributed by atoms with van der Waals surface area (Å²) in [4.78, 5) is 15.2. The second kappa shape index (κ2) is 10.8. The second-order valence-electron chi connectivity index (χ2n) is 9.43. The monoisotopic (exact) mass is 521 g/mol. The van der Waals surface area contributed by atoms with Gasteiger partial charge in [-0.3, -0.25) is 0 Å². The second-order valence-corrected chi connectivity index (χ2v) is 12.0. The van der Waals surface area contributed by atoms with Gasteiger partial charge in [-0.1, -0.05) is 24.3 Å². The Bertz CT molecular complexity index is 1220. The summed E-state index contributed by atoms with van der Waals surface area (Å²) in [6, 6.07) is 9.66. The Morgan fingerprint density at radius 2 is 1.65 bits per heavy atom. The van der Waals surface area contributed by atoms with Gasteiger partial charge >= 0.3 is 14.8 Å². The van der Waals surface area contributed by atoms with Crippen molar-refractivity contribution in [1.29, 1.82) is 0 Å². The Labute approximate surface area is 219 Å². The van der Waals surface area contributed by atoms with Crippen LogP contribution in [0.2, 0.25) is 0 Å². The Morgan fingerprint density at radius 1 is 1.00 bits per heavy atom. The minimum Gasteiger partial charge on any atom is -0.507 e. The maximum absolute atomic E-state index is 12.8. The highest BCUT2D eigenvalue weighted by Gasteiger charge is 2.43. The van der Waals surface area contributed by atoms with Crippen molar-refractivity contribution in [3.05, 3.63) is 64.2 Å². The minimum absolute atomic E-state index is 0.279. The standard InChI is InChI=1S/C29H35NO6Si/c1-4-33-37(34-5-2,35-6-3)24-13-11-20(12-14-24)26-19-23(29(32)36-26)18-22-17-21-9-7-15-30-16-8-10-25(27(21)30)28(22)31/h11-14,17-19,31H,4-10,15-16H2,1-3H3/b23-18-. The van der Waals surface area contributed by atoms with Crippen molar-refractivity contribution in [2.45, 2.75) is 46.5 Å². The van der Waals surface area contributed by atoms with E-state index in [9.17, 15) is 9.90 Å². The quantitative estimate of drug-likeness (QED) is 0.299. The summed E-state index contributed by atoms with van der Waals surface area (Å²) in [7, 11) is -3.01. The highest BCUT2D eigenvalue weighted by Crippen LogP contribution is 2.43. The number of esters is 1. The number of phenolic OH excluding ortho intramolecular Hbond substituents is 1. The maximum Gasteiger partial charge on any atom is 0.537 e. The molecular weight excluding hydrogens is 486 g/mol. The van der Waals surface area contributed by atoms with Gasteiger partial charge in [-0.05, 0) is 70.2 Å². The number of anilines is 1. The molecule has 2 aromatic carbocycles. The van der Waals surface area contributed by atoms with Gasteiger partial charge in [0.2, 0.25) is 0 Å². The lowest BCUT2D eigenvalue weighted by Crippen LogP contribution is -2.56. The number of rotatable bonds is 9. The van der Waals surface area contributed by atoms with Crippen LogP contribution in [-0.2, 0) is 35.7 Å². The maximum atomic E-state index is 12.8. The predicted molar refractivity (Wildman–Crippen MR) is 146 cm³/mol. The van der Waals surface area contributed by atoms with Crippen LogP contribution in [0.3, 0.4) is 0 Å². The largest absolute Gasteiger partial charge is 0.537 e. The zero-order valence-electron chi connectivity index (χ0n) is 21.8. The molecule has 3 aliphatic rings. The van der Waals surface area contributed by atoms with E-state index in [1.165, 1.54) is 11.3 Å². The molecule has 7 nitrogen and oxygen atoms in total. The lowest BCUT2D eigenvalue weighted by atomic mass is 9.88. The summed E-state index contributed by atoms with van der Waals surface area (Å²) in [5, 5.41) is 12.0. The molecule has 0 bridgehead atoms. The van der Waals surface area contributed by atoms with E-state index in [0.717, 1.165) is 55.1 Å². The van der Waals surface area contributed by atoms with Crippen molar-refractivity contribution < 1.29 is 27.9 Å². The normalized spacial score (nSPS) is 18.1. The van der Waals surface area contributed by atoms with Gasteiger partial charge in [0.05, 0.1) is 5.57 Å². The topological polar surface area (TPSA) is 77.5 Å². The molecule has 0 atom stereocenters. The summed E-state index contributed by atoms with van der Waals surface area (Å²) in [5.74, 6) is 0.332. The van der Waals surface area contributed by atoms with E-state index in [1.54, 1.807) is 12.2 Å². The third-order valence-corrected chi connectivity index (χ3v) is 10.1. The summed E-state index contributed by atoms with van der Waals surface area (Å²) in [5.41, 5.74) is 5.33. The van der Waals surface area contributed by atoms with Crippen LogP contribution in [0.5, 0.6) is 5.75 Å². The number of cyclic esters (lactones) is 1. The van der Waals surface area contributed by atoms with Crippen molar-refractivity contribution in [3.8, 4) is 5.75 Å². The van der Waals surface area contributed by atoms with Crippen LogP contribution in [0.4, 0.5) is 5.69 Å². The van der Waals surface area contributed by atoms with E-state index in [1.807, 2.05) is 51.1 Å². The summed E-state index contributed by atoms with van der Waals surface area (Å²) >= 11 is 0. The van der Waals surface area contributed by atoms with Crippen molar-refractivity contribution in [3.63, 3.8) is 0 Å². The lowest BCUT2D eigenvalue weighted by Gasteiger charge is -2.37. The first-order valence-electron chi connectivity index (χ1n) is 13.3. The van der Waals surface area contributed by atoms with E-state index in [-0.39, 0.29) is 5.75 Å². The first kappa shape index (κ1) is 25.7. The van der Waals surface area contributed by atoms with Crippen LogP contribution in [0.25, 0.3) is 11.8 Å². The van der Waals surface area contributed by atoms with Crippen molar-refractivity contribution in [2.75, 3.05) is 37.8 Å². The fraction of sp³-hybridized carbons (Fsp3) is 0.414. The molecule has 0 saturated carbocycles. The Kier molecular flexibility index (Phi) is 7.53. The first-order chi connectivity index (χ1) is 18.0. The molecular formula is C29H35NO6Si. The van der Waals surface area contributed by atoms with Crippen LogP contribution in [0.15, 0.2) is 42.0 Å². The summed E-state index contributed by atoms with van der Waals surface area (Å²) in [6.07, 6.45) is 7.48. The smallest absolute Gasteiger partial charge is 0.507 e. The van der Waals surface area contributed by atoms with Crippen LogP contribution in [0, 0.1) is 0 Å². The first-order valence-corrected chi connectivity index (χ1v) is 15.0. The van der Waals surface area contributed by atoms with Crippen molar-refractivity contribution in [1.82, 2.24) is 0 Å². The Hall–Kier alpha value is -2.91. The zero-order valence-corrected chi connectivity index (χ0v) is 22.8. The fourth-order valence-corrected chi connectivity index (χ4v) is 8.03. The molecule has 3 heterocycles. The zero-order chi connectivity index (χ0) is 26.0. The van der Waals surface area contributed by atoms with E-state index in [2.05, 4.69) is 4.90 Å². The van der Waals surface area contributed by atoms with Gasteiger partial charge in [0, 0.05) is 60.5 Å². The summed E-state index contributed by atoms with van der Waals surface area (Å²) in [6.45, 7) is 9.32. The third kappa shape index (κ3) is 4.86. The molecule has 0 fully saturated rings. The van der Waals surface area contributed by atoms with Crippen molar-refractivity contribution >= 4 is 37.5 Å². The molecule has 5 rings (SSSR count). The number of carbonyl (C=O) groups excluding carboxylic acids is 1. The number of aryl methyl sites for hydroxylation is 1. The van der Waals surface area contributed by atoms with E-state index in [4.69, 9.17) is 18.0 Å². The molecule has 2 aromatic rings. The third-order valence-electron chi connectivity index (χ3n) is 7.09. The highest BCUT2D eigenvalue weighted by molar-refractivity contribution is 6.75. The molecule has 3 aliphatic heterocycles. The number of carbonyl (C=O) groups is 1. The molecule has 0 unspecified atom stereocenters. The van der Waals surface area contributed by atoms with E-state index in [0.29, 0.717) is 36.7 Å². The van der Waals surface area contributed by atoms with E-state index >= 15 is 0 Å². The van der Waals surface area contributed by atoms with Gasteiger partial charge in [0.15, 0.2) is 0 Å². The number of benzene rings is 2. The highest BCUT2D eigenvalue weighted by atomic mass is 28.4. The minimum atomic E-state index is -3.01. The van der Waals surface area contributed by atoms with Crippen LogP contribution in [-0.4, -0.2) is 52.8 Å². The number of ether oxygens (including phenoxy) is 1. The number of aromatic hydroxyl groups is 1. The number of hydrogen-bond donors (Lipinski definition) is 1. The SMILES string of the molecule is CCO[Si](OCC)(OCC)c1ccc(C2=C/C(=C/c3cc4c5c(c3O)CCCN5CCC4)C(=O)O2)cc1. The Balaban J connectivity index is 1.44. The summed E-state index contributed by atoms with van der Waals surface area (Å²) < 4.78 is 23.6. The molecule has 0 saturated heterocycles. The van der Waals surface area contributed by atoms with Gasteiger partial charge in [-0.25, -0.2) is 4.79 Å². The van der Waals surface area contributed by atoms with Gasteiger partial charge in [0.1, 0.15) is 11.5 Å². The Morgan fingerprint density at radius 3 is 2.30 bits per heavy atom. The van der Waals surface area contributed by atoms with Gasteiger partial charge in [-0.15, -0.1) is 0 Å². The molecule has 0 aromatic heterocycles. The van der Waals surface area contributed by atoms with Gasteiger partial charge in [-0.2, -0.15) is 0 Å². The number of phenols is 1. The number of nitrogens with zero attached hydrogens (tertiary/aromatic N) is 1. The van der Waals surface area contributed by atoms with Gasteiger partial charge in [0.25, 0.3) is 0 Å². The van der Waals surface area contributed by atoms with E-state index < -0.39 is 14.8 Å². The van der Waals surface area contributed by atoms with Gasteiger partial charge < -0.3 is 28.0 Å². The molecule has 0 amide bonds. The molecule has 196 valence electrons. The molecule has 0 aliphatic carbocycles. The fourth-order valence-electron chi connectivity index (χ4n) is 5.56. The average Bonchev–Trinajstić information content (AvgIpc) is 3.27. The lowest BCUT2D eigenvalue weighted by molar-refractivity contribution is -0.130. The van der Waals surface area contributed by atoms with Crippen molar-refractivity contribution in [2.24, 2.45) is 0 Å². The molecule has 8 heteroatoms. The molecule has 37 heavy (non-hydrogen) atoms. The molecule has 1 N–H and O–H groups in total. The van der Waals surface area contributed by atoms with Crippen LogP contribution >= 0.6 is 0 Å².